The lowest BCUT2D eigenvalue weighted by Gasteiger charge is -2.33. The van der Waals surface area contributed by atoms with Gasteiger partial charge in [-0.15, -0.1) is 11.3 Å². The van der Waals surface area contributed by atoms with Gasteiger partial charge in [0, 0.05) is 16.6 Å². The van der Waals surface area contributed by atoms with Crippen LogP contribution in [0.5, 0.6) is 5.75 Å². The first kappa shape index (κ1) is 22.0. The van der Waals surface area contributed by atoms with E-state index in [1.54, 1.807) is 18.3 Å². The molecule has 0 bridgehead atoms. The first-order chi connectivity index (χ1) is 15.4. The molecule has 2 aromatic carbocycles. The highest BCUT2D eigenvalue weighted by Crippen LogP contribution is 2.37. The summed E-state index contributed by atoms with van der Waals surface area (Å²) in [6.45, 7) is 7.71. The molecule has 6 nitrogen and oxygen atoms in total. The highest BCUT2D eigenvalue weighted by molar-refractivity contribution is 7.09. The van der Waals surface area contributed by atoms with Crippen molar-refractivity contribution in [2.24, 2.45) is 0 Å². The molecule has 3 aromatic rings. The summed E-state index contributed by atoms with van der Waals surface area (Å²) in [4.78, 5) is 32.1. The van der Waals surface area contributed by atoms with Crippen LogP contribution in [0.1, 0.15) is 36.9 Å². The Labute approximate surface area is 192 Å². The number of rotatable bonds is 6. The summed E-state index contributed by atoms with van der Waals surface area (Å²) in [7, 11) is 0. The average Bonchev–Trinajstić information content (AvgIpc) is 3.23. The lowest BCUT2D eigenvalue weighted by atomic mass is 10.0. The first-order valence-electron chi connectivity index (χ1n) is 10.9. The van der Waals surface area contributed by atoms with Gasteiger partial charge in [0.25, 0.3) is 5.91 Å². The van der Waals surface area contributed by atoms with Crippen LogP contribution in [-0.4, -0.2) is 29.4 Å². The molecule has 0 aliphatic carbocycles. The number of nitrogens with zero attached hydrogens (tertiary/aromatic N) is 2. The second-order valence-corrected chi connectivity index (χ2v) is 8.89. The van der Waals surface area contributed by atoms with Crippen LogP contribution in [0, 0.1) is 6.92 Å². The Bertz CT molecular complexity index is 1150. The zero-order valence-electron chi connectivity index (χ0n) is 18.8. The number of aryl methyl sites for hydroxylation is 3. The molecule has 0 saturated carbocycles. The standard InChI is InChI=1S/C25H27N3O3S/c1-5-17-8-7-9-18(6-2)24(17)27-23(29)13-28-21-12-19(20-14-32-16(4)26-20)10-11-22(21)31-15(3)25(28)30/h7-12,14-15H,5-6,13H2,1-4H3,(H,27,29). The van der Waals surface area contributed by atoms with Crippen molar-refractivity contribution < 1.29 is 14.3 Å². The van der Waals surface area contributed by atoms with Crippen molar-refractivity contribution in [1.29, 1.82) is 0 Å². The van der Waals surface area contributed by atoms with E-state index in [2.05, 4.69) is 24.1 Å². The third-order valence-electron chi connectivity index (χ3n) is 5.65. The number of fused-ring (bicyclic) bond motifs is 1. The number of ether oxygens (including phenoxy) is 1. The van der Waals surface area contributed by atoms with Gasteiger partial charge in [-0.1, -0.05) is 32.0 Å². The molecule has 0 fully saturated rings. The minimum Gasteiger partial charge on any atom is -0.479 e. The predicted octanol–water partition coefficient (Wildman–Crippen LogP) is 5.00. The molecule has 1 N–H and O–H groups in total. The van der Waals surface area contributed by atoms with Crippen molar-refractivity contribution in [3.63, 3.8) is 0 Å². The molecular weight excluding hydrogens is 422 g/mol. The summed E-state index contributed by atoms with van der Waals surface area (Å²) >= 11 is 1.57. The Morgan fingerprint density at radius 3 is 2.53 bits per heavy atom. The zero-order chi connectivity index (χ0) is 22.8. The van der Waals surface area contributed by atoms with Gasteiger partial charge in [0.2, 0.25) is 5.91 Å². The maximum Gasteiger partial charge on any atom is 0.268 e. The van der Waals surface area contributed by atoms with Crippen LogP contribution in [0.2, 0.25) is 0 Å². The van der Waals surface area contributed by atoms with Gasteiger partial charge in [-0.05, 0) is 56.0 Å². The average molecular weight is 450 g/mol. The third kappa shape index (κ3) is 4.25. The summed E-state index contributed by atoms with van der Waals surface area (Å²) in [5.41, 5.74) is 5.33. The number of hydrogen-bond donors (Lipinski definition) is 1. The quantitative estimate of drug-likeness (QED) is 0.575. The third-order valence-corrected chi connectivity index (χ3v) is 6.42. The minimum absolute atomic E-state index is 0.0831. The van der Waals surface area contributed by atoms with Crippen molar-refractivity contribution in [3.8, 4) is 17.0 Å². The van der Waals surface area contributed by atoms with Gasteiger partial charge in [0.05, 0.1) is 16.4 Å². The van der Waals surface area contributed by atoms with Gasteiger partial charge in [0.1, 0.15) is 12.3 Å². The van der Waals surface area contributed by atoms with Crippen LogP contribution in [0.25, 0.3) is 11.3 Å². The van der Waals surface area contributed by atoms with Crippen LogP contribution in [0.3, 0.4) is 0 Å². The van der Waals surface area contributed by atoms with E-state index in [4.69, 9.17) is 4.74 Å². The second-order valence-electron chi connectivity index (χ2n) is 7.83. The van der Waals surface area contributed by atoms with Crippen molar-refractivity contribution >= 4 is 34.5 Å². The van der Waals surface area contributed by atoms with Crippen molar-refractivity contribution in [1.82, 2.24) is 4.98 Å². The highest BCUT2D eigenvalue weighted by Gasteiger charge is 2.33. The monoisotopic (exact) mass is 449 g/mol. The highest BCUT2D eigenvalue weighted by atomic mass is 32.1. The topological polar surface area (TPSA) is 71.5 Å². The minimum atomic E-state index is -0.656. The molecule has 1 aliphatic rings. The lowest BCUT2D eigenvalue weighted by molar-refractivity contribution is -0.127. The molecule has 1 unspecified atom stereocenters. The molecule has 2 heterocycles. The predicted molar refractivity (Wildman–Crippen MR) is 129 cm³/mol. The fourth-order valence-corrected chi connectivity index (χ4v) is 4.57. The second kappa shape index (κ2) is 9.12. The Morgan fingerprint density at radius 2 is 1.91 bits per heavy atom. The summed E-state index contributed by atoms with van der Waals surface area (Å²) < 4.78 is 5.80. The lowest BCUT2D eigenvalue weighted by Crippen LogP contribution is -2.47. The van der Waals surface area contributed by atoms with E-state index in [0.29, 0.717) is 11.4 Å². The van der Waals surface area contributed by atoms with Gasteiger partial charge >= 0.3 is 0 Å². The molecule has 7 heteroatoms. The van der Waals surface area contributed by atoms with Crippen molar-refractivity contribution in [2.75, 3.05) is 16.8 Å². The van der Waals surface area contributed by atoms with Crippen LogP contribution in [0.15, 0.2) is 41.8 Å². The number of thiazole rings is 1. The number of carbonyl (C=O) groups excluding carboxylic acids is 2. The number of hydrogen-bond acceptors (Lipinski definition) is 5. The Balaban J connectivity index is 1.64. The normalized spacial score (nSPS) is 15.3. The molecule has 0 spiro atoms. The molecular formula is C25H27N3O3S. The maximum atomic E-state index is 13.1. The fourth-order valence-electron chi connectivity index (χ4n) is 3.95. The summed E-state index contributed by atoms with van der Waals surface area (Å²) in [5, 5.41) is 6.01. The largest absolute Gasteiger partial charge is 0.479 e. The van der Waals surface area contributed by atoms with Gasteiger partial charge in [-0.2, -0.15) is 0 Å². The SMILES string of the molecule is CCc1cccc(CC)c1NC(=O)CN1C(=O)C(C)Oc2ccc(-c3csc(C)n3)cc21. The van der Waals surface area contributed by atoms with E-state index in [-0.39, 0.29) is 18.4 Å². The number of benzene rings is 2. The number of para-hydroxylation sites is 1. The maximum absolute atomic E-state index is 13.1. The molecule has 1 aromatic heterocycles. The molecule has 4 rings (SSSR count). The molecule has 166 valence electrons. The van der Waals surface area contributed by atoms with Crippen LogP contribution in [0.4, 0.5) is 11.4 Å². The molecule has 1 atom stereocenters. The Morgan fingerprint density at radius 1 is 1.19 bits per heavy atom. The molecule has 32 heavy (non-hydrogen) atoms. The van der Waals surface area contributed by atoms with Crippen LogP contribution in [-0.2, 0) is 22.4 Å². The number of anilines is 2. The van der Waals surface area contributed by atoms with E-state index in [0.717, 1.165) is 45.9 Å². The van der Waals surface area contributed by atoms with Crippen LogP contribution >= 0.6 is 11.3 Å². The van der Waals surface area contributed by atoms with Crippen molar-refractivity contribution in [2.45, 2.75) is 46.6 Å². The molecule has 0 radical (unpaired) electrons. The zero-order valence-corrected chi connectivity index (χ0v) is 19.6. The Kier molecular flexibility index (Phi) is 6.28. The Hall–Kier alpha value is -3.19. The summed E-state index contributed by atoms with van der Waals surface area (Å²) in [6.07, 6.45) is 0.976. The molecule has 1 aliphatic heterocycles. The number of amides is 2. The fraction of sp³-hybridized carbons (Fsp3) is 0.320. The molecule has 0 saturated heterocycles. The van der Waals surface area contributed by atoms with E-state index >= 15 is 0 Å². The van der Waals surface area contributed by atoms with E-state index in [9.17, 15) is 9.59 Å². The summed E-state index contributed by atoms with van der Waals surface area (Å²) in [5.74, 6) is 0.117. The van der Waals surface area contributed by atoms with Gasteiger partial charge in [-0.25, -0.2) is 4.98 Å². The van der Waals surface area contributed by atoms with Gasteiger partial charge in [0.15, 0.2) is 6.10 Å². The number of carbonyl (C=O) groups is 2. The smallest absolute Gasteiger partial charge is 0.268 e. The van der Waals surface area contributed by atoms with Crippen LogP contribution < -0.4 is 15.0 Å². The number of aromatic nitrogens is 1. The first-order valence-corrected chi connectivity index (χ1v) is 11.7. The van der Waals surface area contributed by atoms with E-state index in [1.165, 1.54) is 4.90 Å². The number of nitrogens with one attached hydrogen (secondary N) is 1. The van der Waals surface area contributed by atoms with Gasteiger partial charge in [-0.3, -0.25) is 14.5 Å². The van der Waals surface area contributed by atoms with E-state index in [1.807, 2.05) is 48.7 Å². The summed E-state index contributed by atoms with van der Waals surface area (Å²) in [6, 6.07) is 11.7. The van der Waals surface area contributed by atoms with Gasteiger partial charge < -0.3 is 10.1 Å². The molecule has 2 amide bonds. The van der Waals surface area contributed by atoms with E-state index < -0.39 is 6.10 Å². The van der Waals surface area contributed by atoms with Crippen molar-refractivity contribution in [3.05, 3.63) is 57.9 Å².